The molecule has 0 radical (unpaired) electrons. The Morgan fingerprint density at radius 1 is 0.950 bits per heavy atom. The summed E-state index contributed by atoms with van der Waals surface area (Å²) in [5.41, 5.74) is 1.49. The van der Waals surface area contributed by atoms with Gasteiger partial charge in [-0.15, -0.1) is 0 Å². The van der Waals surface area contributed by atoms with Crippen molar-refractivity contribution in [2.75, 3.05) is 18.0 Å². The van der Waals surface area contributed by atoms with Gasteiger partial charge < -0.3 is 15.0 Å². The smallest absolute Gasteiger partial charge is 0.264 e. The molecule has 0 spiro atoms. The Hall–Kier alpha value is -3.85. The number of nitrogens with one attached hydrogen (secondary N) is 1. The van der Waals surface area contributed by atoms with Crippen molar-refractivity contribution in [3.8, 4) is 5.75 Å². The lowest BCUT2D eigenvalue weighted by Gasteiger charge is -2.34. The Morgan fingerprint density at radius 3 is 2.15 bits per heavy atom. The molecular weight excluding hydrogens is 526 g/mol. The second-order valence-electron chi connectivity index (χ2n) is 10.7. The molecule has 0 fully saturated rings. The molecule has 0 heterocycles. The van der Waals surface area contributed by atoms with E-state index < -0.39 is 34.1 Å². The van der Waals surface area contributed by atoms with Crippen LogP contribution in [0.1, 0.15) is 45.2 Å². The normalized spacial score (nSPS) is 12.3. The summed E-state index contributed by atoms with van der Waals surface area (Å²) in [6.07, 6.45) is 0.347. The summed E-state index contributed by atoms with van der Waals surface area (Å²) < 4.78 is 34.1. The largest absolute Gasteiger partial charge is 0.497 e. The van der Waals surface area contributed by atoms with E-state index in [4.69, 9.17) is 4.74 Å². The van der Waals surface area contributed by atoms with Gasteiger partial charge in [0.15, 0.2) is 0 Å². The molecule has 0 aromatic heterocycles. The summed E-state index contributed by atoms with van der Waals surface area (Å²) in [5, 5.41) is 2.97. The number of amides is 2. The number of nitrogens with zero attached hydrogens (tertiary/aromatic N) is 2. The lowest BCUT2D eigenvalue weighted by atomic mass is 10.1. The number of aryl methyl sites for hydroxylation is 1. The number of hydrogen-bond acceptors (Lipinski definition) is 5. The molecular formula is C31H39N3O5S. The molecule has 214 valence electrons. The third-order valence-corrected chi connectivity index (χ3v) is 8.08. The molecule has 3 aromatic carbocycles. The Balaban J connectivity index is 2.06. The zero-order valence-corrected chi connectivity index (χ0v) is 24.9. The highest BCUT2D eigenvalue weighted by atomic mass is 32.2. The second-order valence-corrected chi connectivity index (χ2v) is 12.6. The highest BCUT2D eigenvalue weighted by Gasteiger charge is 2.34. The van der Waals surface area contributed by atoms with E-state index in [0.717, 1.165) is 15.4 Å². The van der Waals surface area contributed by atoms with Gasteiger partial charge in [-0.1, -0.05) is 49.4 Å². The summed E-state index contributed by atoms with van der Waals surface area (Å²) in [6.45, 7) is 8.96. The van der Waals surface area contributed by atoms with Crippen molar-refractivity contribution in [1.82, 2.24) is 10.2 Å². The molecule has 3 rings (SSSR count). The monoisotopic (exact) mass is 565 g/mol. The van der Waals surface area contributed by atoms with Crippen LogP contribution in [0.15, 0.2) is 83.8 Å². The highest BCUT2D eigenvalue weighted by Crippen LogP contribution is 2.26. The number of hydrogen-bond donors (Lipinski definition) is 1. The van der Waals surface area contributed by atoms with E-state index in [1.165, 1.54) is 17.0 Å². The molecule has 0 bridgehead atoms. The van der Waals surface area contributed by atoms with Crippen LogP contribution in [0.5, 0.6) is 5.75 Å². The molecule has 2 amide bonds. The predicted molar refractivity (Wildman–Crippen MR) is 158 cm³/mol. The van der Waals surface area contributed by atoms with Crippen LogP contribution in [0.3, 0.4) is 0 Å². The maximum atomic E-state index is 14.1. The van der Waals surface area contributed by atoms with Crippen LogP contribution in [0, 0.1) is 6.92 Å². The van der Waals surface area contributed by atoms with Crippen LogP contribution < -0.4 is 14.4 Å². The van der Waals surface area contributed by atoms with Crippen LogP contribution in [-0.2, 0) is 26.2 Å². The molecule has 0 aliphatic carbocycles. The minimum absolute atomic E-state index is 0.0727. The van der Waals surface area contributed by atoms with Crippen LogP contribution in [0.4, 0.5) is 5.69 Å². The minimum Gasteiger partial charge on any atom is -0.497 e. The zero-order valence-electron chi connectivity index (χ0n) is 24.0. The van der Waals surface area contributed by atoms with Crippen molar-refractivity contribution < 1.29 is 22.7 Å². The van der Waals surface area contributed by atoms with Crippen molar-refractivity contribution in [3.05, 3.63) is 90.0 Å². The van der Waals surface area contributed by atoms with E-state index in [-0.39, 0.29) is 17.3 Å². The lowest BCUT2D eigenvalue weighted by Crippen LogP contribution is -2.55. The molecule has 0 saturated carbocycles. The Labute approximate surface area is 238 Å². The molecule has 1 atom stereocenters. The average Bonchev–Trinajstić information content (AvgIpc) is 2.91. The summed E-state index contributed by atoms with van der Waals surface area (Å²) in [4.78, 5) is 29.0. The van der Waals surface area contributed by atoms with Crippen molar-refractivity contribution >= 4 is 27.5 Å². The fourth-order valence-electron chi connectivity index (χ4n) is 4.33. The first kappa shape index (κ1) is 30.7. The topological polar surface area (TPSA) is 96.0 Å². The van der Waals surface area contributed by atoms with Gasteiger partial charge in [0.2, 0.25) is 11.8 Å². The first-order valence-electron chi connectivity index (χ1n) is 13.2. The molecule has 0 saturated heterocycles. The van der Waals surface area contributed by atoms with Gasteiger partial charge in [-0.05, 0) is 81.6 Å². The van der Waals surface area contributed by atoms with Crippen LogP contribution >= 0.6 is 0 Å². The zero-order chi connectivity index (χ0) is 29.5. The Bertz CT molecular complexity index is 1400. The maximum Gasteiger partial charge on any atom is 0.264 e. The molecule has 8 nitrogen and oxygen atoms in total. The van der Waals surface area contributed by atoms with Gasteiger partial charge in [0.25, 0.3) is 10.0 Å². The fraction of sp³-hybridized carbons (Fsp3) is 0.355. The van der Waals surface area contributed by atoms with Crippen molar-refractivity contribution in [2.45, 2.75) is 64.1 Å². The predicted octanol–water partition coefficient (Wildman–Crippen LogP) is 4.92. The summed E-state index contributed by atoms with van der Waals surface area (Å²) in [5.74, 6) is -0.128. The number of carbonyl (C=O) groups is 2. The van der Waals surface area contributed by atoms with Crippen molar-refractivity contribution in [1.29, 1.82) is 0 Å². The van der Waals surface area contributed by atoms with E-state index in [0.29, 0.717) is 17.9 Å². The number of sulfonamides is 1. The van der Waals surface area contributed by atoms with Gasteiger partial charge in [-0.25, -0.2) is 8.42 Å². The van der Waals surface area contributed by atoms with Crippen molar-refractivity contribution in [3.63, 3.8) is 0 Å². The number of carbonyl (C=O) groups excluding carboxylic acids is 2. The maximum absolute atomic E-state index is 14.1. The van der Waals surface area contributed by atoms with Crippen molar-refractivity contribution in [2.24, 2.45) is 0 Å². The lowest BCUT2D eigenvalue weighted by molar-refractivity contribution is -0.141. The number of anilines is 1. The average molecular weight is 566 g/mol. The minimum atomic E-state index is -4.09. The molecule has 40 heavy (non-hydrogen) atoms. The standard InChI is InChI=1S/C31H39N3O5S/c1-7-28(30(36)32-31(3,4)5)33(21-24-16-18-26(39-6)19-17-24)29(35)22-34(25-13-11-12-23(2)20-25)40(37,38)27-14-9-8-10-15-27/h8-20,28H,7,21-22H2,1-6H3,(H,32,36)/t28-/m1/s1. The van der Waals surface area contributed by atoms with E-state index in [9.17, 15) is 18.0 Å². The second kappa shape index (κ2) is 13.0. The molecule has 0 aliphatic rings. The molecule has 1 N–H and O–H groups in total. The van der Waals surface area contributed by atoms with Crippen LogP contribution in [0.25, 0.3) is 0 Å². The molecule has 0 aliphatic heterocycles. The van der Waals surface area contributed by atoms with Gasteiger partial charge in [0.05, 0.1) is 17.7 Å². The summed E-state index contributed by atoms with van der Waals surface area (Å²) >= 11 is 0. The van der Waals surface area contributed by atoms with Gasteiger partial charge in [0, 0.05) is 12.1 Å². The molecule has 0 unspecified atom stereocenters. The first-order valence-corrected chi connectivity index (χ1v) is 14.7. The van der Waals surface area contributed by atoms with Gasteiger partial charge in [-0.3, -0.25) is 13.9 Å². The number of rotatable bonds is 11. The number of methoxy groups -OCH3 is 1. The quantitative estimate of drug-likeness (QED) is 0.356. The fourth-order valence-corrected chi connectivity index (χ4v) is 5.76. The third kappa shape index (κ3) is 7.85. The van der Waals surface area contributed by atoms with Crippen LogP contribution in [0.2, 0.25) is 0 Å². The van der Waals surface area contributed by atoms with Gasteiger partial charge in [-0.2, -0.15) is 0 Å². The summed E-state index contributed by atoms with van der Waals surface area (Å²) in [6, 6.07) is 21.4. The van der Waals surface area contributed by atoms with E-state index in [1.54, 1.807) is 55.6 Å². The van der Waals surface area contributed by atoms with E-state index >= 15 is 0 Å². The number of benzene rings is 3. The Kier molecular flexibility index (Phi) is 9.98. The van der Waals surface area contributed by atoms with Crippen LogP contribution in [-0.4, -0.2) is 50.4 Å². The molecule has 3 aromatic rings. The number of ether oxygens (including phenoxy) is 1. The SMILES string of the molecule is CC[C@H](C(=O)NC(C)(C)C)N(Cc1ccc(OC)cc1)C(=O)CN(c1cccc(C)c1)S(=O)(=O)c1ccccc1. The van der Waals surface area contributed by atoms with Gasteiger partial charge >= 0.3 is 0 Å². The first-order chi connectivity index (χ1) is 18.9. The summed E-state index contributed by atoms with van der Waals surface area (Å²) in [7, 11) is -2.52. The molecule has 9 heteroatoms. The highest BCUT2D eigenvalue weighted by molar-refractivity contribution is 7.92. The van der Waals surface area contributed by atoms with E-state index in [2.05, 4.69) is 5.32 Å². The Morgan fingerprint density at radius 2 is 1.60 bits per heavy atom. The third-order valence-electron chi connectivity index (χ3n) is 6.30. The van der Waals surface area contributed by atoms with E-state index in [1.807, 2.05) is 52.8 Å². The van der Waals surface area contributed by atoms with Gasteiger partial charge in [0.1, 0.15) is 18.3 Å².